The SMILES string of the molecule is N[C@H]1C=CC(O)=CC1. The highest BCUT2D eigenvalue weighted by Crippen LogP contribution is 2.04. The van der Waals surface area contributed by atoms with Crippen LogP contribution in [0.3, 0.4) is 0 Å². The summed E-state index contributed by atoms with van der Waals surface area (Å²) in [4.78, 5) is 0. The normalized spacial score (nSPS) is 27.6. The number of aliphatic hydroxyl groups excluding tert-OH is 1. The highest BCUT2D eigenvalue weighted by Gasteiger charge is 1.99. The van der Waals surface area contributed by atoms with Crippen LogP contribution in [0, 0.1) is 0 Å². The van der Waals surface area contributed by atoms with Gasteiger partial charge >= 0.3 is 0 Å². The van der Waals surface area contributed by atoms with Crippen LogP contribution in [0.4, 0.5) is 0 Å². The summed E-state index contributed by atoms with van der Waals surface area (Å²) in [5.74, 6) is 0.326. The number of nitrogens with two attached hydrogens (primary N) is 1. The van der Waals surface area contributed by atoms with Crippen molar-refractivity contribution in [2.24, 2.45) is 5.73 Å². The molecule has 2 nitrogen and oxygen atoms in total. The Balaban J connectivity index is 2.58. The first-order valence-electron chi connectivity index (χ1n) is 2.62. The average Bonchev–Trinajstić information content (AvgIpc) is 1.77. The smallest absolute Gasteiger partial charge is 0.111 e. The molecule has 0 aliphatic heterocycles. The Morgan fingerprint density at radius 2 is 2.50 bits per heavy atom. The molecule has 0 amide bonds. The van der Waals surface area contributed by atoms with Gasteiger partial charge in [-0.3, -0.25) is 0 Å². The molecule has 0 unspecified atom stereocenters. The van der Waals surface area contributed by atoms with Gasteiger partial charge in [0.05, 0.1) is 0 Å². The predicted molar refractivity (Wildman–Crippen MR) is 32.4 cm³/mol. The van der Waals surface area contributed by atoms with E-state index in [1.807, 2.05) is 0 Å². The molecule has 0 radical (unpaired) electrons. The van der Waals surface area contributed by atoms with Gasteiger partial charge in [0.15, 0.2) is 0 Å². The minimum atomic E-state index is 0.103. The van der Waals surface area contributed by atoms with E-state index < -0.39 is 0 Å². The van der Waals surface area contributed by atoms with Crippen LogP contribution in [0.15, 0.2) is 24.0 Å². The maximum Gasteiger partial charge on any atom is 0.111 e. The van der Waals surface area contributed by atoms with Crippen LogP contribution in [0.2, 0.25) is 0 Å². The number of allylic oxidation sites excluding steroid dienone is 1. The lowest BCUT2D eigenvalue weighted by Crippen LogP contribution is -2.17. The Bertz CT molecular complexity index is 137. The van der Waals surface area contributed by atoms with Gasteiger partial charge in [-0.15, -0.1) is 0 Å². The van der Waals surface area contributed by atoms with Crippen molar-refractivity contribution in [3.05, 3.63) is 24.0 Å². The molecule has 0 saturated heterocycles. The molecule has 0 fully saturated rings. The van der Waals surface area contributed by atoms with Crippen molar-refractivity contribution in [2.45, 2.75) is 12.5 Å². The van der Waals surface area contributed by atoms with Gasteiger partial charge in [-0.2, -0.15) is 0 Å². The molecule has 1 rings (SSSR count). The van der Waals surface area contributed by atoms with Crippen LogP contribution in [-0.4, -0.2) is 11.1 Å². The molecule has 0 aromatic carbocycles. The molecule has 0 heterocycles. The van der Waals surface area contributed by atoms with Gasteiger partial charge in [0, 0.05) is 6.04 Å². The molecule has 44 valence electrons. The fourth-order valence-corrected chi connectivity index (χ4v) is 0.626. The number of hydrogen-bond acceptors (Lipinski definition) is 2. The Morgan fingerprint density at radius 1 is 1.75 bits per heavy atom. The number of aliphatic hydroxyl groups is 1. The molecule has 8 heavy (non-hydrogen) atoms. The third kappa shape index (κ3) is 1.10. The van der Waals surface area contributed by atoms with Crippen molar-refractivity contribution in [3.63, 3.8) is 0 Å². The molecular formula is C6H9NO. The first-order chi connectivity index (χ1) is 3.79. The van der Waals surface area contributed by atoms with Crippen molar-refractivity contribution in [1.29, 1.82) is 0 Å². The zero-order chi connectivity index (χ0) is 5.98. The van der Waals surface area contributed by atoms with Crippen LogP contribution < -0.4 is 5.73 Å². The summed E-state index contributed by atoms with van der Waals surface area (Å²) in [5.41, 5.74) is 5.45. The van der Waals surface area contributed by atoms with E-state index in [9.17, 15) is 0 Å². The van der Waals surface area contributed by atoms with Gasteiger partial charge in [-0.1, -0.05) is 6.08 Å². The third-order valence-electron chi connectivity index (χ3n) is 1.11. The monoisotopic (exact) mass is 111 g/mol. The predicted octanol–water partition coefficient (Wildman–Crippen LogP) is 0.716. The minimum Gasteiger partial charge on any atom is -0.508 e. The van der Waals surface area contributed by atoms with Crippen molar-refractivity contribution in [1.82, 2.24) is 0 Å². The summed E-state index contributed by atoms with van der Waals surface area (Å²) < 4.78 is 0. The molecule has 1 aliphatic carbocycles. The number of hydrogen-bond donors (Lipinski definition) is 2. The standard InChI is InChI=1S/C6H9NO/c7-5-1-3-6(8)4-2-5/h1,3-5,8H,2,7H2/t5-/m0/s1. The topological polar surface area (TPSA) is 46.2 Å². The van der Waals surface area contributed by atoms with Crippen LogP contribution in [-0.2, 0) is 0 Å². The van der Waals surface area contributed by atoms with Gasteiger partial charge in [-0.05, 0) is 18.6 Å². The van der Waals surface area contributed by atoms with Crippen LogP contribution in [0.5, 0.6) is 0 Å². The Kier molecular flexibility index (Phi) is 1.35. The summed E-state index contributed by atoms with van der Waals surface area (Å²) in [6.45, 7) is 0. The van der Waals surface area contributed by atoms with E-state index >= 15 is 0 Å². The second kappa shape index (κ2) is 2.01. The Morgan fingerprint density at radius 3 is 2.88 bits per heavy atom. The van der Waals surface area contributed by atoms with Crippen molar-refractivity contribution in [3.8, 4) is 0 Å². The lowest BCUT2D eigenvalue weighted by molar-refractivity contribution is 0.425. The van der Waals surface area contributed by atoms with E-state index in [4.69, 9.17) is 10.8 Å². The van der Waals surface area contributed by atoms with E-state index in [0.29, 0.717) is 5.76 Å². The van der Waals surface area contributed by atoms with Crippen molar-refractivity contribution in [2.75, 3.05) is 0 Å². The van der Waals surface area contributed by atoms with Gasteiger partial charge in [0.25, 0.3) is 0 Å². The molecule has 0 saturated carbocycles. The maximum absolute atomic E-state index is 8.75. The van der Waals surface area contributed by atoms with Crippen molar-refractivity contribution < 1.29 is 5.11 Å². The fourth-order valence-electron chi connectivity index (χ4n) is 0.626. The zero-order valence-corrected chi connectivity index (χ0v) is 4.54. The molecule has 0 spiro atoms. The van der Waals surface area contributed by atoms with Gasteiger partial charge in [0.1, 0.15) is 5.76 Å². The lowest BCUT2D eigenvalue weighted by Gasteiger charge is -2.06. The molecule has 2 heteroatoms. The molecular weight excluding hydrogens is 102 g/mol. The first kappa shape index (κ1) is 5.38. The lowest BCUT2D eigenvalue weighted by atomic mass is 10.1. The summed E-state index contributed by atoms with van der Waals surface area (Å²) in [6.07, 6.45) is 5.87. The summed E-state index contributed by atoms with van der Waals surface area (Å²) in [7, 11) is 0. The quantitative estimate of drug-likeness (QED) is 0.483. The Hall–Kier alpha value is -0.760. The zero-order valence-electron chi connectivity index (χ0n) is 4.54. The highest BCUT2D eigenvalue weighted by atomic mass is 16.3. The molecule has 1 aliphatic rings. The van der Waals surface area contributed by atoms with E-state index in [1.54, 1.807) is 18.2 Å². The summed E-state index contributed by atoms with van der Waals surface area (Å²) in [5, 5.41) is 8.75. The second-order valence-corrected chi connectivity index (χ2v) is 1.89. The van der Waals surface area contributed by atoms with E-state index in [2.05, 4.69) is 0 Å². The highest BCUT2D eigenvalue weighted by molar-refractivity contribution is 5.18. The van der Waals surface area contributed by atoms with Crippen molar-refractivity contribution >= 4 is 0 Å². The largest absolute Gasteiger partial charge is 0.508 e. The molecule has 3 N–H and O–H groups in total. The van der Waals surface area contributed by atoms with Crippen LogP contribution in [0.1, 0.15) is 6.42 Å². The van der Waals surface area contributed by atoms with E-state index in [-0.39, 0.29) is 6.04 Å². The molecule has 1 atom stereocenters. The minimum absolute atomic E-state index is 0.103. The Labute approximate surface area is 48.3 Å². The molecule has 0 aromatic rings. The van der Waals surface area contributed by atoms with E-state index in [0.717, 1.165) is 6.42 Å². The summed E-state index contributed by atoms with van der Waals surface area (Å²) in [6, 6.07) is 0.103. The first-order valence-corrected chi connectivity index (χ1v) is 2.62. The average molecular weight is 111 g/mol. The third-order valence-corrected chi connectivity index (χ3v) is 1.11. The maximum atomic E-state index is 8.75. The van der Waals surface area contributed by atoms with Crippen LogP contribution >= 0.6 is 0 Å². The van der Waals surface area contributed by atoms with Gasteiger partial charge in [-0.25, -0.2) is 0 Å². The van der Waals surface area contributed by atoms with E-state index in [1.165, 1.54) is 0 Å². The van der Waals surface area contributed by atoms with Gasteiger partial charge in [0.2, 0.25) is 0 Å². The van der Waals surface area contributed by atoms with Gasteiger partial charge < -0.3 is 10.8 Å². The summed E-state index contributed by atoms with van der Waals surface area (Å²) >= 11 is 0. The molecule has 0 bridgehead atoms. The number of rotatable bonds is 0. The second-order valence-electron chi connectivity index (χ2n) is 1.89. The van der Waals surface area contributed by atoms with Crippen LogP contribution in [0.25, 0.3) is 0 Å². The fraction of sp³-hybridized carbons (Fsp3) is 0.333. The molecule has 0 aromatic heterocycles.